The largest absolute Gasteiger partial charge is 0.325 e. The van der Waals surface area contributed by atoms with E-state index in [2.05, 4.69) is 22.5 Å². The molecule has 0 aliphatic rings. The molecule has 0 saturated carbocycles. The van der Waals surface area contributed by atoms with E-state index in [9.17, 15) is 0 Å². The molecule has 1 heterocycles. The first kappa shape index (κ1) is 11.3. The molecular weight excluding hydrogens is 216 g/mol. The van der Waals surface area contributed by atoms with Crippen molar-refractivity contribution in [2.45, 2.75) is 25.8 Å². The van der Waals surface area contributed by atoms with Gasteiger partial charge in [-0.25, -0.2) is 4.98 Å². The summed E-state index contributed by atoms with van der Waals surface area (Å²) in [4.78, 5) is 4.60. The maximum absolute atomic E-state index is 5.98. The Kier molecular flexibility index (Phi) is 3.08. The zero-order valence-electron chi connectivity index (χ0n) is 9.60. The van der Waals surface area contributed by atoms with Gasteiger partial charge in [-0.1, -0.05) is 30.3 Å². The van der Waals surface area contributed by atoms with E-state index in [0.29, 0.717) is 0 Å². The number of aromatic nitrogens is 1. The molecule has 2 nitrogen and oxygen atoms in total. The van der Waals surface area contributed by atoms with Gasteiger partial charge in [-0.15, -0.1) is 11.3 Å². The average molecular weight is 232 g/mol. The fourth-order valence-electron chi connectivity index (χ4n) is 1.52. The summed E-state index contributed by atoms with van der Waals surface area (Å²) in [6.07, 6.45) is 0.824. The molecule has 0 atom stereocenters. The molecule has 2 aromatic rings. The molecule has 2 N–H and O–H groups in total. The number of rotatable bonds is 3. The number of thiazole rings is 1. The van der Waals surface area contributed by atoms with Crippen LogP contribution in [0.2, 0.25) is 0 Å². The molecule has 3 heteroatoms. The van der Waals surface area contributed by atoms with Crippen LogP contribution in [-0.2, 0) is 6.42 Å². The Balaban J connectivity index is 2.21. The molecule has 1 aromatic heterocycles. The Hall–Kier alpha value is -1.19. The van der Waals surface area contributed by atoms with Crippen LogP contribution in [0.4, 0.5) is 0 Å². The van der Waals surface area contributed by atoms with Crippen LogP contribution >= 0.6 is 11.3 Å². The van der Waals surface area contributed by atoms with E-state index < -0.39 is 0 Å². The lowest BCUT2D eigenvalue weighted by Crippen LogP contribution is -2.34. The highest BCUT2D eigenvalue weighted by Gasteiger charge is 2.14. The van der Waals surface area contributed by atoms with Gasteiger partial charge in [-0.05, 0) is 13.8 Å². The molecule has 0 radical (unpaired) electrons. The van der Waals surface area contributed by atoms with Crippen molar-refractivity contribution < 1.29 is 0 Å². The third kappa shape index (κ3) is 2.90. The van der Waals surface area contributed by atoms with Gasteiger partial charge in [0.15, 0.2) is 0 Å². The number of nitrogens with zero attached hydrogens (tertiary/aromatic N) is 1. The van der Waals surface area contributed by atoms with Crippen LogP contribution in [0, 0.1) is 0 Å². The van der Waals surface area contributed by atoms with Crippen molar-refractivity contribution in [2.75, 3.05) is 0 Å². The minimum atomic E-state index is -0.189. The molecule has 2 rings (SSSR count). The molecule has 16 heavy (non-hydrogen) atoms. The number of hydrogen-bond acceptors (Lipinski definition) is 3. The van der Waals surface area contributed by atoms with E-state index >= 15 is 0 Å². The van der Waals surface area contributed by atoms with Crippen LogP contribution in [0.25, 0.3) is 11.3 Å². The van der Waals surface area contributed by atoms with Crippen LogP contribution in [-0.4, -0.2) is 10.5 Å². The Morgan fingerprint density at radius 3 is 2.56 bits per heavy atom. The summed E-state index contributed by atoms with van der Waals surface area (Å²) >= 11 is 1.68. The van der Waals surface area contributed by atoms with Gasteiger partial charge in [0.2, 0.25) is 0 Å². The summed E-state index contributed by atoms with van der Waals surface area (Å²) < 4.78 is 0. The number of benzene rings is 1. The summed E-state index contributed by atoms with van der Waals surface area (Å²) in [5, 5.41) is 3.20. The third-order valence-electron chi connectivity index (χ3n) is 2.23. The summed E-state index contributed by atoms with van der Waals surface area (Å²) in [7, 11) is 0. The Morgan fingerprint density at radius 2 is 1.94 bits per heavy atom. The fraction of sp³-hybridized carbons (Fsp3) is 0.308. The summed E-state index contributed by atoms with van der Waals surface area (Å²) in [6, 6.07) is 10.2. The second-order valence-electron chi connectivity index (χ2n) is 4.66. The Bertz CT molecular complexity index is 454. The molecule has 0 spiro atoms. The van der Waals surface area contributed by atoms with E-state index in [0.717, 1.165) is 17.1 Å². The Morgan fingerprint density at radius 1 is 1.25 bits per heavy atom. The van der Waals surface area contributed by atoms with Gasteiger partial charge in [0.05, 0.1) is 10.7 Å². The summed E-state index contributed by atoms with van der Waals surface area (Å²) in [5.41, 5.74) is 8.01. The van der Waals surface area contributed by atoms with E-state index in [1.54, 1.807) is 11.3 Å². The van der Waals surface area contributed by atoms with Crippen LogP contribution < -0.4 is 5.73 Å². The first-order chi connectivity index (χ1) is 7.54. The summed E-state index contributed by atoms with van der Waals surface area (Å²) in [5.74, 6) is 0. The smallest absolute Gasteiger partial charge is 0.0950 e. The van der Waals surface area contributed by atoms with Gasteiger partial charge >= 0.3 is 0 Å². The summed E-state index contributed by atoms with van der Waals surface area (Å²) in [6.45, 7) is 4.05. The second-order valence-corrected chi connectivity index (χ2v) is 5.60. The molecule has 0 amide bonds. The third-order valence-corrected chi connectivity index (χ3v) is 3.08. The zero-order valence-corrected chi connectivity index (χ0v) is 10.4. The van der Waals surface area contributed by atoms with E-state index in [4.69, 9.17) is 5.73 Å². The monoisotopic (exact) mass is 232 g/mol. The predicted octanol–water partition coefficient (Wildman–Crippen LogP) is 3.09. The van der Waals surface area contributed by atoms with Gasteiger partial charge < -0.3 is 5.73 Å². The van der Waals surface area contributed by atoms with E-state index in [1.165, 1.54) is 5.56 Å². The lowest BCUT2D eigenvalue weighted by molar-refractivity contribution is 0.515. The average Bonchev–Trinajstić information content (AvgIpc) is 2.65. The van der Waals surface area contributed by atoms with Gasteiger partial charge in [0.25, 0.3) is 0 Å². The molecule has 84 valence electrons. The van der Waals surface area contributed by atoms with Crippen LogP contribution in [0.3, 0.4) is 0 Å². The molecule has 0 saturated heterocycles. The van der Waals surface area contributed by atoms with Crippen molar-refractivity contribution in [1.82, 2.24) is 4.98 Å². The standard InChI is InChI=1S/C13H16N2S/c1-13(2,14)8-12-15-11(9-16-12)10-6-4-3-5-7-10/h3-7,9H,8,14H2,1-2H3. The van der Waals surface area contributed by atoms with Crippen molar-refractivity contribution in [2.24, 2.45) is 5.73 Å². The van der Waals surface area contributed by atoms with Crippen molar-refractivity contribution >= 4 is 11.3 Å². The van der Waals surface area contributed by atoms with Gasteiger partial charge in [-0.3, -0.25) is 0 Å². The minimum Gasteiger partial charge on any atom is -0.325 e. The maximum atomic E-state index is 5.98. The lowest BCUT2D eigenvalue weighted by atomic mass is 10.0. The first-order valence-electron chi connectivity index (χ1n) is 5.33. The fourth-order valence-corrected chi connectivity index (χ4v) is 2.57. The maximum Gasteiger partial charge on any atom is 0.0950 e. The quantitative estimate of drug-likeness (QED) is 0.883. The van der Waals surface area contributed by atoms with Crippen molar-refractivity contribution in [3.8, 4) is 11.3 Å². The molecule has 1 aromatic carbocycles. The molecule has 0 unspecified atom stereocenters. The van der Waals surface area contributed by atoms with Crippen LogP contribution in [0.1, 0.15) is 18.9 Å². The molecular formula is C13H16N2S. The van der Waals surface area contributed by atoms with E-state index in [-0.39, 0.29) is 5.54 Å². The van der Waals surface area contributed by atoms with Gasteiger partial charge in [0, 0.05) is 22.9 Å². The molecule has 0 aliphatic carbocycles. The first-order valence-corrected chi connectivity index (χ1v) is 6.21. The van der Waals surface area contributed by atoms with Crippen molar-refractivity contribution in [3.63, 3.8) is 0 Å². The molecule has 0 fully saturated rings. The normalized spacial score (nSPS) is 11.7. The van der Waals surface area contributed by atoms with Crippen LogP contribution in [0.15, 0.2) is 35.7 Å². The van der Waals surface area contributed by atoms with E-state index in [1.807, 2.05) is 32.0 Å². The second kappa shape index (κ2) is 4.36. The highest BCUT2D eigenvalue weighted by atomic mass is 32.1. The highest BCUT2D eigenvalue weighted by Crippen LogP contribution is 2.23. The molecule has 0 bridgehead atoms. The van der Waals surface area contributed by atoms with Gasteiger partial charge in [-0.2, -0.15) is 0 Å². The number of hydrogen-bond donors (Lipinski definition) is 1. The lowest BCUT2D eigenvalue weighted by Gasteiger charge is -2.15. The Labute approximate surface area is 100 Å². The predicted molar refractivity (Wildman–Crippen MR) is 69.5 cm³/mol. The van der Waals surface area contributed by atoms with Crippen molar-refractivity contribution in [3.05, 3.63) is 40.7 Å². The van der Waals surface area contributed by atoms with Gasteiger partial charge in [0.1, 0.15) is 0 Å². The highest BCUT2D eigenvalue weighted by molar-refractivity contribution is 7.09. The number of nitrogens with two attached hydrogens (primary N) is 1. The molecule has 0 aliphatic heterocycles. The topological polar surface area (TPSA) is 38.9 Å². The van der Waals surface area contributed by atoms with Crippen LogP contribution in [0.5, 0.6) is 0 Å². The SMILES string of the molecule is CC(C)(N)Cc1nc(-c2ccccc2)cs1. The van der Waals surface area contributed by atoms with Crippen molar-refractivity contribution in [1.29, 1.82) is 0 Å². The minimum absolute atomic E-state index is 0.189. The zero-order chi connectivity index (χ0) is 11.6.